The zero-order valence-electron chi connectivity index (χ0n) is 65.7. The Morgan fingerprint density at radius 2 is 0.636 bits per heavy atom. The van der Waals surface area contributed by atoms with Crippen molar-refractivity contribution in [3.8, 4) is 22.3 Å². The molecule has 12 rings (SSSR count). The van der Waals surface area contributed by atoms with Crippen molar-refractivity contribution >= 4 is 93.1 Å². The molecule has 24 heteroatoms. The molecule has 4 aromatic rings. The highest BCUT2D eigenvalue weighted by Crippen LogP contribution is 2.42. The van der Waals surface area contributed by atoms with Crippen LogP contribution in [-0.2, 0) is 38.1 Å². The second-order valence-electron chi connectivity index (χ2n) is 31.0. The SMILES string of the molecule is COC(=O)N[C@H](C(=O)N1CCC[C@H]1C1=NC=C(c2ccc(-c3ccc(C4=CN=C([C@@H]5CCCC[C@@H]5C(=O)N(NC(=O)OC)C(C)C)C4)cc3)cc2)C1)C(C)C.COC(=O)N[C@H](C(=O)N1CCC[C@H]1C1=NC=C(c2ccc(-c3ccc(C4=CN=C([C@H]5CCCC[C@H]5C(=O)N(NC(=O)OC)C(C)C)C4)cc3)cc2)C1)C(C)C. The maximum Gasteiger partial charge on any atom is 0.425 e. The van der Waals surface area contributed by atoms with E-state index < -0.39 is 36.5 Å². The molecule has 4 N–H and O–H groups in total. The Hall–Kier alpha value is -10.5. The number of benzene rings is 4. The lowest BCUT2D eigenvalue weighted by molar-refractivity contribution is -0.143. The predicted octanol–water partition coefficient (Wildman–Crippen LogP) is 14.8. The van der Waals surface area contributed by atoms with E-state index in [1.165, 1.54) is 38.5 Å². The first-order valence-corrected chi connectivity index (χ1v) is 39.1. The van der Waals surface area contributed by atoms with Crippen molar-refractivity contribution in [3.63, 3.8) is 0 Å². The van der Waals surface area contributed by atoms with Crippen LogP contribution in [0.1, 0.15) is 180 Å². The third kappa shape index (κ3) is 18.8. The Labute approximate surface area is 646 Å². The molecular weight excluding hydrogens is 1390 g/mol. The Morgan fingerprint density at radius 3 is 0.918 bits per heavy atom. The van der Waals surface area contributed by atoms with Gasteiger partial charge in [-0.3, -0.25) is 39.1 Å². The fourth-order valence-electron chi connectivity index (χ4n) is 16.5. The summed E-state index contributed by atoms with van der Waals surface area (Å²) in [6.07, 6.45) is 18.8. The number of aliphatic imine (C=N–C) groups is 4. The van der Waals surface area contributed by atoms with E-state index >= 15 is 0 Å². The van der Waals surface area contributed by atoms with Gasteiger partial charge in [0.2, 0.25) is 23.6 Å². The third-order valence-corrected chi connectivity index (χ3v) is 22.7. The third-order valence-electron chi connectivity index (χ3n) is 22.7. The summed E-state index contributed by atoms with van der Waals surface area (Å²) in [7, 11) is 5.19. The summed E-state index contributed by atoms with van der Waals surface area (Å²) in [5.74, 6) is -0.977. The standard InChI is InChI=1S/2C43H54N6O6/c2*1-26(2)39(46-42(52)54-5)41(51)48-21-9-12-38(48)37-23-33(25-45-37)31-19-15-29(16-20-31)28-13-17-30(18-14-28)32-22-36(44-24-32)34-10-7-8-11-35(34)40(50)49(27(3)4)47-43(53)55-6/h2*13-20,24-27,34-35,38-39H,7-12,21-23H2,1-6H3,(H,46,52)(H,47,53)/t34-,35+,38+,39+;34-,35+,38-,39-/m10/s1. The number of rotatable bonds is 20. The molecule has 6 aliphatic heterocycles. The van der Waals surface area contributed by atoms with Crippen LogP contribution >= 0.6 is 0 Å². The van der Waals surface area contributed by atoms with E-state index in [9.17, 15) is 38.4 Å². The van der Waals surface area contributed by atoms with Gasteiger partial charge in [0.25, 0.3) is 0 Å². The van der Waals surface area contributed by atoms with Gasteiger partial charge >= 0.3 is 24.4 Å². The Kier molecular flexibility index (Phi) is 26.9. The molecule has 24 nitrogen and oxygen atoms in total. The maximum absolute atomic E-state index is 13.7. The monoisotopic (exact) mass is 1500 g/mol. The second-order valence-corrected chi connectivity index (χ2v) is 31.0. The van der Waals surface area contributed by atoms with Crippen molar-refractivity contribution in [2.45, 2.75) is 194 Å². The van der Waals surface area contributed by atoms with E-state index in [0.29, 0.717) is 38.8 Å². The van der Waals surface area contributed by atoms with Crippen LogP contribution < -0.4 is 21.5 Å². The van der Waals surface area contributed by atoms with Crippen molar-refractivity contribution in [1.29, 1.82) is 0 Å². The second kappa shape index (κ2) is 36.8. The van der Waals surface area contributed by atoms with Gasteiger partial charge in [0, 0.05) is 122 Å². The molecule has 0 spiro atoms. The molecule has 0 bridgehead atoms. The summed E-state index contributed by atoms with van der Waals surface area (Å²) in [6.45, 7) is 16.5. The zero-order chi connectivity index (χ0) is 78.4. The largest absolute Gasteiger partial charge is 0.453 e. The normalized spacial score (nSPS) is 21.4. The quantitative estimate of drug-likeness (QED) is 0.0475. The minimum absolute atomic E-state index is 0.0251. The number of nitrogens with one attached hydrogen (secondary N) is 4. The number of allylic oxidation sites excluding steroid dienone is 4. The molecule has 0 radical (unpaired) electrons. The number of methoxy groups -OCH3 is 4. The lowest BCUT2D eigenvalue weighted by atomic mass is 9.74. The van der Waals surface area contributed by atoms with Crippen molar-refractivity contribution in [2.24, 2.45) is 55.5 Å². The minimum Gasteiger partial charge on any atom is -0.453 e. The highest BCUT2D eigenvalue weighted by Gasteiger charge is 2.44. The molecule has 2 saturated carbocycles. The van der Waals surface area contributed by atoms with Gasteiger partial charge in [-0.05, 0) is 158 Å². The Balaban J connectivity index is 0.000000218. The van der Waals surface area contributed by atoms with Crippen molar-refractivity contribution in [3.05, 3.63) is 144 Å². The average molecular weight is 1500 g/mol. The molecule has 6 heterocycles. The summed E-state index contributed by atoms with van der Waals surface area (Å²) in [4.78, 5) is 125. The molecule has 8 amide bonds. The van der Waals surface area contributed by atoms with Crippen LogP contribution in [0.15, 0.2) is 142 Å². The summed E-state index contributed by atoms with van der Waals surface area (Å²) < 4.78 is 19.1. The molecule has 0 aromatic heterocycles. The van der Waals surface area contributed by atoms with Crippen LogP contribution in [0.3, 0.4) is 0 Å². The number of alkyl carbamates (subject to hydrolysis) is 2. The van der Waals surface area contributed by atoms with E-state index in [-0.39, 0.29) is 83.3 Å². The maximum atomic E-state index is 13.7. The summed E-state index contributed by atoms with van der Waals surface area (Å²) in [5.41, 5.74) is 22.6. The number of carbonyl (C=O) groups is 8. The first-order valence-electron chi connectivity index (χ1n) is 39.1. The van der Waals surface area contributed by atoms with Crippen LogP contribution in [0.4, 0.5) is 19.2 Å². The number of carbonyl (C=O) groups excluding carboxylic acids is 8. The Morgan fingerprint density at radius 1 is 0.364 bits per heavy atom. The van der Waals surface area contributed by atoms with Crippen LogP contribution in [-0.4, -0.2) is 168 Å². The molecule has 4 fully saturated rings. The first kappa shape index (κ1) is 80.5. The van der Waals surface area contributed by atoms with Gasteiger partial charge in [-0.1, -0.05) is 150 Å². The number of hydrogen-bond acceptors (Lipinski definition) is 16. The van der Waals surface area contributed by atoms with E-state index in [1.807, 2.05) is 90.0 Å². The number of hydrazine groups is 2. The average Bonchev–Trinajstić information content (AvgIpc) is 1.58. The summed E-state index contributed by atoms with van der Waals surface area (Å²) in [5, 5.41) is 8.25. The molecule has 0 unspecified atom stereocenters. The van der Waals surface area contributed by atoms with Crippen molar-refractivity contribution in [1.82, 2.24) is 41.3 Å². The molecule has 8 atom stereocenters. The smallest absolute Gasteiger partial charge is 0.425 e. The lowest BCUT2D eigenvalue weighted by Gasteiger charge is -2.36. The zero-order valence-corrected chi connectivity index (χ0v) is 65.7. The molecule has 110 heavy (non-hydrogen) atoms. The number of nitrogens with zero attached hydrogens (tertiary/aromatic N) is 8. The Bertz CT molecular complexity index is 4030. The summed E-state index contributed by atoms with van der Waals surface area (Å²) in [6, 6.07) is 32.2. The van der Waals surface area contributed by atoms with Gasteiger partial charge in [0.05, 0.1) is 40.5 Å². The van der Waals surface area contributed by atoms with Gasteiger partial charge in [-0.15, -0.1) is 0 Å². The van der Waals surface area contributed by atoms with Crippen LogP contribution in [0, 0.1) is 35.5 Å². The molecule has 2 saturated heterocycles. The van der Waals surface area contributed by atoms with E-state index in [4.69, 9.17) is 38.9 Å². The predicted molar refractivity (Wildman–Crippen MR) is 428 cm³/mol. The van der Waals surface area contributed by atoms with Gasteiger partial charge in [0.1, 0.15) is 12.1 Å². The molecule has 4 aromatic carbocycles. The van der Waals surface area contributed by atoms with Gasteiger partial charge < -0.3 is 39.4 Å². The van der Waals surface area contributed by atoms with E-state index in [1.54, 1.807) is 0 Å². The summed E-state index contributed by atoms with van der Waals surface area (Å²) >= 11 is 0. The van der Waals surface area contributed by atoms with E-state index in [2.05, 4.69) is 119 Å². The highest BCUT2D eigenvalue weighted by molar-refractivity contribution is 6.06. The number of hydrogen-bond donors (Lipinski definition) is 4. The fourth-order valence-corrected chi connectivity index (χ4v) is 16.5. The van der Waals surface area contributed by atoms with Crippen LogP contribution in [0.25, 0.3) is 44.5 Å². The topological polar surface area (TPSA) is 284 Å². The number of likely N-dealkylation sites (tertiary alicyclic amines) is 2. The lowest BCUT2D eigenvalue weighted by Crippen LogP contribution is -2.54. The minimum atomic E-state index is -0.656. The van der Waals surface area contributed by atoms with Crippen molar-refractivity contribution < 1.29 is 57.3 Å². The number of ether oxygens (including phenoxy) is 4. The molecule has 8 aliphatic rings. The molecular formula is C86H108N12O12. The van der Waals surface area contributed by atoms with Gasteiger partial charge in [0.15, 0.2) is 0 Å². The van der Waals surface area contributed by atoms with Crippen molar-refractivity contribution in [2.75, 3.05) is 41.5 Å². The number of amides is 8. The van der Waals surface area contributed by atoms with E-state index in [0.717, 1.165) is 167 Å². The first-order chi connectivity index (χ1) is 53.0. The highest BCUT2D eigenvalue weighted by atomic mass is 16.6. The fraction of sp³-hybridized carbons (Fsp3) is 0.488. The molecule has 584 valence electrons. The van der Waals surface area contributed by atoms with Crippen LogP contribution in [0.2, 0.25) is 0 Å². The van der Waals surface area contributed by atoms with Gasteiger partial charge in [-0.2, -0.15) is 0 Å². The molecule has 2 aliphatic carbocycles. The van der Waals surface area contributed by atoms with Gasteiger partial charge in [-0.25, -0.2) is 40.0 Å². The van der Waals surface area contributed by atoms with Crippen LogP contribution in [0.5, 0.6) is 0 Å².